The minimum absolute atomic E-state index is 0.130. The van der Waals surface area contributed by atoms with E-state index in [1.165, 1.54) is 10.9 Å². The van der Waals surface area contributed by atoms with Gasteiger partial charge in [0, 0.05) is 29.2 Å². The molecule has 0 spiro atoms. The van der Waals surface area contributed by atoms with Crippen LogP contribution in [-0.4, -0.2) is 42.0 Å². The van der Waals surface area contributed by atoms with Crippen molar-refractivity contribution in [3.05, 3.63) is 35.0 Å². The lowest BCUT2D eigenvalue weighted by Gasteiger charge is -2.30. The van der Waals surface area contributed by atoms with Crippen molar-refractivity contribution in [3.63, 3.8) is 0 Å². The number of amides is 1. The van der Waals surface area contributed by atoms with Crippen LogP contribution in [-0.2, 0) is 11.2 Å². The van der Waals surface area contributed by atoms with Gasteiger partial charge in [0.05, 0.1) is 6.42 Å². The highest BCUT2D eigenvalue weighted by molar-refractivity contribution is 5.91. The van der Waals surface area contributed by atoms with Gasteiger partial charge in [0.15, 0.2) is 0 Å². The maximum Gasteiger partial charge on any atom is 0.224 e. The third-order valence-electron chi connectivity index (χ3n) is 4.69. The van der Waals surface area contributed by atoms with Crippen molar-refractivity contribution < 1.29 is 4.79 Å². The molecular weight excluding hydrogens is 274 g/mol. The molecule has 1 unspecified atom stereocenters. The van der Waals surface area contributed by atoms with Gasteiger partial charge in [0.1, 0.15) is 0 Å². The molecule has 1 aliphatic heterocycles. The molecule has 4 nitrogen and oxygen atoms in total. The van der Waals surface area contributed by atoms with E-state index in [-0.39, 0.29) is 5.91 Å². The summed E-state index contributed by atoms with van der Waals surface area (Å²) in [6, 6.07) is 6.55. The summed E-state index contributed by atoms with van der Waals surface area (Å²) in [6.45, 7) is 6.24. The quantitative estimate of drug-likeness (QED) is 0.915. The topological polar surface area (TPSA) is 48.1 Å². The van der Waals surface area contributed by atoms with Crippen LogP contribution in [0.15, 0.2) is 18.2 Å². The Morgan fingerprint density at radius 1 is 1.41 bits per heavy atom. The molecule has 118 valence electrons. The van der Waals surface area contributed by atoms with Gasteiger partial charge in [-0.25, -0.2) is 0 Å². The Balaban J connectivity index is 1.74. The zero-order valence-corrected chi connectivity index (χ0v) is 13.7. The van der Waals surface area contributed by atoms with Crippen LogP contribution in [0.1, 0.15) is 29.7 Å². The monoisotopic (exact) mass is 299 g/mol. The van der Waals surface area contributed by atoms with Crippen LogP contribution in [0.2, 0.25) is 0 Å². The number of nitrogens with zero attached hydrogens (tertiary/aromatic N) is 1. The number of benzene rings is 1. The highest BCUT2D eigenvalue weighted by Crippen LogP contribution is 2.25. The van der Waals surface area contributed by atoms with Gasteiger partial charge in [-0.1, -0.05) is 18.2 Å². The fourth-order valence-corrected chi connectivity index (χ4v) is 3.50. The second-order valence-electron chi connectivity index (χ2n) is 6.57. The molecule has 3 rings (SSSR count). The molecule has 0 radical (unpaired) electrons. The van der Waals surface area contributed by atoms with Crippen molar-refractivity contribution in [1.82, 2.24) is 15.2 Å². The van der Waals surface area contributed by atoms with Crippen molar-refractivity contribution in [2.24, 2.45) is 0 Å². The van der Waals surface area contributed by atoms with Crippen LogP contribution in [0.3, 0.4) is 0 Å². The predicted molar refractivity (Wildman–Crippen MR) is 90.1 cm³/mol. The molecule has 0 saturated carbocycles. The summed E-state index contributed by atoms with van der Waals surface area (Å²) in [5.74, 6) is 0.130. The van der Waals surface area contributed by atoms with Crippen LogP contribution in [0.4, 0.5) is 0 Å². The normalized spacial score (nSPS) is 19.5. The summed E-state index contributed by atoms with van der Waals surface area (Å²) in [7, 11) is 2.12. The van der Waals surface area contributed by atoms with E-state index in [4.69, 9.17) is 0 Å². The molecule has 1 aromatic heterocycles. The van der Waals surface area contributed by atoms with E-state index in [2.05, 4.69) is 54.3 Å². The lowest BCUT2D eigenvalue weighted by molar-refractivity contribution is -0.121. The summed E-state index contributed by atoms with van der Waals surface area (Å²) < 4.78 is 0. The van der Waals surface area contributed by atoms with E-state index in [1.54, 1.807) is 0 Å². The number of rotatable bonds is 3. The van der Waals surface area contributed by atoms with Crippen molar-refractivity contribution in [2.45, 2.75) is 39.2 Å². The standard InChI is InChI=1S/C18H25N3O/c1-12-6-4-8-15-16(13(2)19-18(12)15)10-17(22)20-14-7-5-9-21(3)11-14/h4,6,8,14,19H,5,7,9-11H2,1-3H3,(H,20,22). The van der Waals surface area contributed by atoms with Gasteiger partial charge in [-0.15, -0.1) is 0 Å². The van der Waals surface area contributed by atoms with Gasteiger partial charge in [0.25, 0.3) is 0 Å². The second-order valence-corrected chi connectivity index (χ2v) is 6.57. The first-order valence-electron chi connectivity index (χ1n) is 8.09. The number of carbonyl (C=O) groups excluding carboxylic acids is 1. The molecule has 1 saturated heterocycles. The number of carbonyl (C=O) groups is 1. The number of para-hydroxylation sites is 1. The van der Waals surface area contributed by atoms with Gasteiger partial charge in [-0.3, -0.25) is 4.79 Å². The summed E-state index contributed by atoms with van der Waals surface area (Å²) in [5.41, 5.74) is 4.60. The Labute approximate surface area is 131 Å². The van der Waals surface area contributed by atoms with Crippen molar-refractivity contribution in [3.8, 4) is 0 Å². The molecule has 2 aromatic rings. The molecule has 2 heterocycles. The molecule has 1 amide bonds. The number of nitrogens with one attached hydrogen (secondary N) is 2. The molecule has 0 aliphatic carbocycles. The van der Waals surface area contributed by atoms with Gasteiger partial charge in [-0.2, -0.15) is 0 Å². The average molecular weight is 299 g/mol. The summed E-state index contributed by atoms with van der Waals surface area (Å²) in [6.07, 6.45) is 2.70. The Hall–Kier alpha value is -1.81. The molecule has 2 N–H and O–H groups in total. The van der Waals surface area contributed by atoms with E-state index < -0.39 is 0 Å². The van der Waals surface area contributed by atoms with Gasteiger partial charge < -0.3 is 15.2 Å². The third kappa shape index (κ3) is 3.02. The van der Waals surface area contributed by atoms with Crippen LogP contribution < -0.4 is 5.32 Å². The summed E-state index contributed by atoms with van der Waals surface area (Å²) in [5, 5.41) is 4.37. The number of hydrogen-bond donors (Lipinski definition) is 2. The van der Waals surface area contributed by atoms with Crippen LogP contribution in [0, 0.1) is 13.8 Å². The van der Waals surface area contributed by atoms with Crippen molar-refractivity contribution in [2.75, 3.05) is 20.1 Å². The molecule has 1 aliphatic rings. The van der Waals surface area contributed by atoms with E-state index in [9.17, 15) is 4.79 Å². The smallest absolute Gasteiger partial charge is 0.224 e. The van der Waals surface area contributed by atoms with Crippen molar-refractivity contribution >= 4 is 16.8 Å². The van der Waals surface area contributed by atoms with E-state index in [0.29, 0.717) is 12.5 Å². The molecule has 0 bridgehead atoms. The van der Waals surface area contributed by atoms with E-state index >= 15 is 0 Å². The Morgan fingerprint density at radius 3 is 3.00 bits per heavy atom. The highest BCUT2D eigenvalue weighted by atomic mass is 16.1. The Morgan fingerprint density at radius 2 is 2.23 bits per heavy atom. The first-order valence-corrected chi connectivity index (χ1v) is 8.09. The van der Waals surface area contributed by atoms with Gasteiger partial charge in [0.2, 0.25) is 5.91 Å². The Kier molecular flexibility index (Phi) is 4.21. The fourth-order valence-electron chi connectivity index (χ4n) is 3.50. The van der Waals surface area contributed by atoms with Crippen LogP contribution >= 0.6 is 0 Å². The summed E-state index contributed by atoms with van der Waals surface area (Å²) in [4.78, 5) is 18.1. The average Bonchev–Trinajstić information content (AvgIpc) is 2.77. The zero-order valence-electron chi connectivity index (χ0n) is 13.7. The number of likely N-dealkylation sites (tertiary alicyclic amines) is 1. The maximum absolute atomic E-state index is 12.4. The lowest BCUT2D eigenvalue weighted by atomic mass is 10.0. The molecule has 22 heavy (non-hydrogen) atoms. The van der Waals surface area contributed by atoms with Crippen LogP contribution in [0.5, 0.6) is 0 Å². The van der Waals surface area contributed by atoms with E-state index in [1.807, 2.05) is 0 Å². The van der Waals surface area contributed by atoms with Crippen LogP contribution in [0.25, 0.3) is 10.9 Å². The fraction of sp³-hybridized carbons (Fsp3) is 0.500. The number of H-pyrrole nitrogens is 1. The maximum atomic E-state index is 12.4. The first kappa shape index (κ1) is 15.1. The molecule has 1 atom stereocenters. The minimum Gasteiger partial charge on any atom is -0.358 e. The number of aromatic nitrogens is 1. The number of piperidine rings is 1. The molecule has 1 fully saturated rings. The lowest BCUT2D eigenvalue weighted by Crippen LogP contribution is -2.46. The second kappa shape index (κ2) is 6.13. The number of hydrogen-bond acceptors (Lipinski definition) is 2. The van der Waals surface area contributed by atoms with E-state index in [0.717, 1.165) is 42.7 Å². The number of fused-ring (bicyclic) bond motifs is 1. The SMILES string of the molecule is Cc1[nH]c2c(C)cccc2c1CC(=O)NC1CCCN(C)C1. The zero-order chi connectivity index (χ0) is 15.7. The minimum atomic E-state index is 0.130. The summed E-state index contributed by atoms with van der Waals surface area (Å²) >= 11 is 0. The number of aryl methyl sites for hydroxylation is 2. The largest absolute Gasteiger partial charge is 0.358 e. The molecular formula is C18H25N3O. The van der Waals surface area contributed by atoms with Gasteiger partial charge in [-0.05, 0) is 51.4 Å². The third-order valence-corrected chi connectivity index (χ3v) is 4.69. The number of likely N-dealkylation sites (N-methyl/N-ethyl adjacent to an activating group) is 1. The molecule has 1 aromatic carbocycles. The predicted octanol–water partition coefficient (Wildman–Crippen LogP) is 2.54. The highest BCUT2D eigenvalue weighted by Gasteiger charge is 2.20. The molecule has 4 heteroatoms. The Bertz CT molecular complexity index is 689. The first-order chi connectivity index (χ1) is 10.5. The van der Waals surface area contributed by atoms with Crippen molar-refractivity contribution in [1.29, 1.82) is 0 Å². The number of aromatic amines is 1. The van der Waals surface area contributed by atoms with Gasteiger partial charge >= 0.3 is 0 Å².